The number of benzene rings is 1. The van der Waals surface area contributed by atoms with E-state index in [4.69, 9.17) is 0 Å². The minimum Gasteiger partial charge on any atom is -0.355 e. The molecule has 7 heteroatoms. The maximum absolute atomic E-state index is 12.7. The van der Waals surface area contributed by atoms with Crippen molar-refractivity contribution < 1.29 is 13.2 Å². The minimum atomic E-state index is -3.49. The number of amides is 1. The van der Waals surface area contributed by atoms with Crippen molar-refractivity contribution in [3.05, 3.63) is 52.9 Å². The standard InChI is InChI=1S/C21H28N2O3S2/c1-16(2)18-9-7-17(8-10-18)11-12-22-21(24)19-5-3-13-23(15-19)28(25,26)20-6-4-14-27-20/h4,6-10,14,16,19H,3,5,11-13,15H2,1-2H3,(H,22,24)/t19-/m1/s1. The molecule has 5 nitrogen and oxygen atoms in total. The highest BCUT2D eigenvalue weighted by atomic mass is 32.2. The fourth-order valence-electron chi connectivity index (χ4n) is 3.46. The quantitative estimate of drug-likeness (QED) is 0.744. The second kappa shape index (κ2) is 9.20. The van der Waals surface area contributed by atoms with E-state index in [9.17, 15) is 13.2 Å². The largest absolute Gasteiger partial charge is 0.355 e. The van der Waals surface area contributed by atoms with Crippen molar-refractivity contribution in [1.29, 1.82) is 0 Å². The van der Waals surface area contributed by atoms with Gasteiger partial charge in [0.05, 0.1) is 5.92 Å². The Morgan fingerprint density at radius 1 is 1.25 bits per heavy atom. The fourth-order valence-corrected chi connectivity index (χ4v) is 6.12. The molecular weight excluding hydrogens is 392 g/mol. The lowest BCUT2D eigenvalue weighted by molar-refractivity contribution is -0.126. The Balaban J connectivity index is 1.51. The Morgan fingerprint density at radius 3 is 2.64 bits per heavy atom. The maximum atomic E-state index is 12.7. The topological polar surface area (TPSA) is 66.5 Å². The van der Waals surface area contributed by atoms with Crippen molar-refractivity contribution in [3.63, 3.8) is 0 Å². The molecule has 2 aromatic rings. The number of carbonyl (C=O) groups excluding carboxylic acids is 1. The van der Waals surface area contributed by atoms with Crippen LogP contribution in [0.5, 0.6) is 0 Å². The van der Waals surface area contributed by atoms with Crippen LogP contribution in [0.2, 0.25) is 0 Å². The Bertz CT molecular complexity index is 875. The van der Waals surface area contributed by atoms with Gasteiger partial charge in [-0.15, -0.1) is 11.3 Å². The molecule has 28 heavy (non-hydrogen) atoms. The van der Waals surface area contributed by atoms with Gasteiger partial charge in [-0.25, -0.2) is 8.42 Å². The van der Waals surface area contributed by atoms with Crippen LogP contribution in [0.15, 0.2) is 46.0 Å². The summed E-state index contributed by atoms with van der Waals surface area (Å²) >= 11 is 1.22. The number of sulfonamides is 1. The van der Waals surface area contributed by atoms with Gasteiger partial charge in [0.2, 0.25) is 5.91 Å². The third kappa shape index (κ3) is 5.01. The van der Waals surface area contributed by atoms with Gasteiger partial charge in [-0.1, -0.05) is 44.2 Å². The molecule has 1 N–H and O–H groups in total. The number of hydrogen-bond donors (Lipinski definition) is 1. The molecule has 1 aliphatic heterocycles. The Morgan fingerprint density at radius 2 is 2.00 bits per heavy atom. The third-order valence-corrected chi connectivity index (χ3v) is 8.44. The Labute approximate surface area is 171 Å². The predicted molar refractivity (Wildman–Crippen MR) is 113 cm³/mol. The lowest BCUT2D eigenvalue weighted by Crippen LogP contribution is -2.45. The summed E-state index contributed by atoms with van der Waals surface area (Å²) in [6.07, 6.45) is 2.21. The second-order valence-corrected chi connectivity index (χ2v) is 10.7. The predicted octanol–water partition coefficient (Wildman–Crippen LogP) is 3.63. The minimum absolute atomic E-state index is 0.0510. The summed E-state index contributed by atoms with van der Waals surface area (Å²) in [4.78, 5) is 12.6. The lowest BCUT2D eigenvalue weighted by atomic mass is 9.98. The first-order chi connectivity index (χ1) is 13.4. The van der Waals surface area contributed by atoms with Crippen molar-refractivity contribution in [3.8, 4) is 0 Å². The average molecular weight is 421 g/mol. The SMILES string of the molecule is CC(C)c1ccc(CCNC(=O)[C@@H]2CCCN(S(=O)(=O)c3cccs3)C2)cc1. The highest BCUT2D eigenvalue weighted by molar-refractivity contribution is 7.91. The van der Waals surface area contributed by atoms with Crippen LogP contribution in [0, 0.1) is 5.92 Å². The zero-order valence-electron chi connectivity index (χ0n) is 16.4. The monoisotopic (exact) mass is 420 g/mol. The fraction of sp³-hybridized carbons (Fsp3) is 0.476. The van der Waals surface area contributed by atoms with E-state index < -0.39 is 10.0 Å². The molecule has 1 aliphatic rings. The number of carbonyl (C=O) groups is 1. The molecule has 1 amide bonds. The van der Waals surface area contributed by atoms with Gasteiger partial charge in [0, 0.05) is 19.6 Å². The average Bonchev–Trinajstić information content (AvgIpc) is 3.24. The van der Waals surface area contributed by atoms with E-state index in [0.29, 0.717) is 29.6 Å². The summed E-state index contributed by atoms with van der Waals surface area (Å²) in [5.41, 5.74) is 2.50. The van der Waals surface area contributed by atoms with E-state index in [1.54, 1.807) is 17.5 Å². The summed E-state index contributed by atoms with van der Waals surface area (Å²) in [6.45, 7) is 5.64. The van der Waals surface area contributed by atoms with E-state index in [1.807, 2.05) is 0 Å². The number of rotatable bonds is 7. The number of piperidine rings is 1. The van der Waals surface area contributed by atoms with Crippen LogP contribution in [0.4, 0.5) is 0 Å². The number of nitrogens with one attached hydrogen (secondary N) is 1. The zero-order chi connectivity index (χ0) is 20.1. The van der Waals surface area contributed by atoms with Crippen LogP contribution >= 0.6 is 11.3 Å². The van der Waals surface area contributed by atoms with Crippen LogP contribution in [0.25, 0.3) is 0 Å². The van der Waals surface area contributed by atoms with Crippen molar-refractivity contribution in [1.82, 2.24) is 9.62 Å². The molecule has 0 bridgehead atoms. The zero-order valence-corrected chi connectivity index (χ0v) is 18.1. The van der Waals surface area contributed by atoms with E-state index in [1.165, 1.54) is 26.8 Å². The normalized spacial score (nSPS) is 18.3. The van der Waals surface area contributed by atoms with Crippen molar-refractivity contribution in [2.24, 2.45) is 5.92 Å². The summed E-state index contributed by atoms with van der Waals surface area (Å²) in [7, 11) is -3.49. The molecular formula is C21H28N2O3S2. The summed E-state index contributed by atoms with van der Waals surface area (Å²) in [5, 5.41) is 4.75. The van der Waals surface area contributed by atoms with E-state index >= 15 is 0 Å². The van der Waals surface area contributed by atoms with Crippen LogP contribution in [-0.4, -0.2) is 38.3 Å². The van der Waals surface area contributed by atoms with Gasteiger partial charge in [0.1, 0.15) is 4.21 Å². The lowest BCUT2D eigenvalue weighted by Gasteiger charge is -2.30. The highest BCUT2D eigenvalue weighted by Gasteiger charge is 2.33. The van der Waals surface area contributed by atoms with Crippen molar-refractivity contribution in [2.45, 2.75) is 43.2 Å². The third-order valence-electron chi connectivity index (χ3n) is 5.20. The van der Waals surface area contributed by atoms with Gasteiger partial charge >= 0.3 is 0 Å². The molecule has 152 valence electrons. The second-order valence-electron chi connectivity index (χ2n) is 7.57. The highest BCUT2D eigenvalue weighted by Crippen LogP contribution is 2.26. The summed E-state index contributed by atoms with van der Waals surface area (Å²) in [5.74, 6) is 0.171. The molecule has 1 aromatic carbocycles. The molecule has 0 aliphatic carbocycles. The van der Waals surface area contributed by atoms with Crippen molar-refractivity contribution in [2.75, 3.05) is 19.6 Å². The maximum Gasteiger partial charge on any atom is 0.252 e. The Hall–Kier alpha value is -1.70. The summed E-state index contributed by atoms with van der Waals surface area (Å²) < 4.78 is 27.2. The van der Waals surface area contributed by atoms with Gasteiger partial charge in [0.25, 0.3) is 10.0 Å². The van der Waals surface area contributed by atoms with Gasteiger partial charge in [-0.05, 0) is 47.8 Å². The van der Waals surface area contributed by atoms with E-state index in [-0.39, 0.29) is 18.4 Å². The molecule has 3 rings (SSSR count). The van der Waals surface area contributed by atoms with Crippen LogP contribution in [0.3, 0.4) is 0 Å². The molecule has 1 saturated heterocycles. The van der Waals surface area contributed by atoms with Gasteiger partial charge in [-0.2, -0.15) is 4.31 Å². The van der Waals surface area contributed by atoms with Crippen LogP contribution in [0.1, 0.15) is 43.7 Å². The molecule has 1 atom stereocenters. The van der Waals surface area contributed by atoms with Crippen LogP contribution in [-0.2, 0) is 21.2 Å². The number of hydrogen-bond acceptors (Lipinski definition) is 4. The van der Waals surface area contributed by atoms with Gasteiger partial charge in [-0.3, -0.25) is 4.79 Å². The molecule has 0 spiro atoms. The van der Waals surface area contributed by atoms with E-state index in [0.717, 1.165) is 12.8 Å². The molecule has 0 radical (unpaired) electrons. The molecule has 1 aromatic heterocycles. The van der Waals surface area contributed by atoms with Gasteiger partial charge < -0.3 is 5.32 Å². The number of nitrogens with zero attached hydrogens (tertiary/aromatic N) is 1. The first-order valence-electron chi connectivity index (χ1n) is 9.78. The molecule has 0 unspecified atom stereocenters. The van der Waals surface area contributed by atoms with Crippen molar-refractivity contribution >= 4 is 27.3 Å². The summed E-state index contributed by atoms with van der Waals surface area (Å²) in [6, 6.07) is 11.8. The Kier molecular flexibility index (Phi) is 6.91. The number of thiophene rings is 1. The van der Waals surface area contributed by atoms with Crippen LogP contribution < -0.4 is 5.32 Å². The molecule has 0 saturated carbocycles. The van der Waals surface area contributed by atoms with Gasteiger partial charge in [0.15, 0.2) is 0 Å². The van der Waals surface area contributed by atoms with E-state index in [2.05, 4.69) is 43.4 Å². The smallest absolute Gasteiger partial charge is 0.252 e. The molecule has 2 heterocycles. The molecule has 1 fully saturated rings. The first kappa shape index (κ1) is 21.0. The first-order valence-corrected chi connectivity index (χ1v) is 12.1.